The first-order valence-electron chi connectivity index (χ1n) is 2.21. The molecule has 0 aliphatic heterocycles. The summed E-state index contributed by atoms with van der Waals surface area (Å²) in [6, 6.07) is 1.77. The van der Waals surface area contributed by atoms with Crippen LogP contribution < -0.4 is 5.73 Å². The molecule has 0 fully saturated rings. The molecule has 0 saturated heterocycles. The van der Waals surface area contributed by atoms with Gasteiger partial charge in [0, 0.05) is 4.88 Å². The van der Waals surface area contributed by atoms with Crippen molar-refractivity contribution < 1.29 is 0 Å². The van der Waals surface area contributed by atoms with Crippen LogP contribution in [-0.4, -0.2) is 0 Å². The molecule has 0 aliphatic rings. The molecule has 1 aromatic heterocycles. The lowest BCUT2D eigenvalue weighted by Crippen LogP contribution is -1.72. The van der Waals surface area contributed by atoms with Crippen molar-refractivity contribution in [1.29, 1.82) is 0 Å². The van der Waals surface area contributed by atoms with Gasteiger partial charge in [-0.2, -0.15) is 0 Å². The highest BCUT2D eigenvalue weighted by Crippen LogP contribution is 2.26. The van der Waals surface area contributed by atoms with Gasteiger partial charge >= 0.3 is 0 Å². The van der Waals surface area contributed by atoms with Crippen LogP contribution in [0.4, 0.5) is 5.00 Å². The van der Waals surface area contributed by atoms with Gasteiger partial charge in [-0.15, -0.1) is 11.3 Å². The van der Waals surface area contributed by atoms with E-state index < -0.39 is 0 Å². The minimum Gasteiger partial charge on any atom is -0.391 e. The quantitative estimate of drug-likeness (QED) is 0.599. The third-order valence-electron chi connectivity index (χ3n) is 0.876. The molecule has 0 saturated carbocycles. The Labute approximate surface area is 57.1 Å². The standard InChI is InChI=1S/C5H6ClNS/c1-3-4(6)2-5(7)8-3/h2H,7H2,1H3. The van der Waals surface area contributed by atoms with Gasteiger partial charge in [0.15, 0.2) is 0 Å². The topological polar surface area (TPSA) is 26.0 Å². The molecule has 1 aromatic rings. The van der Waals surface area contributed by atoms with E-state index in [9.17, 15) is 0 Å². The van der Waals surface area contributed by atoms with Crippen molar-refractivity contribution in [3.8, 4) is 0 Å². The number of anilines is 1. The summed E-state index contributed by atoms with van der Waals surface area (Å²) in [6.07, 6.45) is 0. The Morgan fingerprint density at radius 3 is 2.50 bits per heavy atom. The van der Waals surface area contributed by atoms with E-state index in [1.807, 2.05) is 6.92 Å². The van der Waals surface area contributed by atoms with E-state index in [0.29, 0.717) is 0 Å². The molecule has 44 valence electrons. The first kappa shape index (κ1) is 5.92. The van der Waals surface area contributed by atoms with Gasteiger partial charge in [0.25, 0.3) is 0 Å². The minimum atomic E-state index is 0.771. The molecule has 0 aliphatic carbocycles. The predicted octanol–water partition coefficient (Wildman–Crippen LogP) is 2.29. The Bertz CT molecular complexity index is 175. The van der Waals surface area contributed by atoms with Crippen LogP contribution in [0.15, 0.2) is 6.07 Å². The van der Waals surface area contributed by atoms with Crippen LogP contribution >= 0.6 is 22.9 Å². The number of nitrogens with two attached hydrogens (primary N) is 1. The molecule has 0 atom stereocenters. The molecule has 0 radical (unpaired) electrons. The van der Waals surface area contributed by atoms with Crippen LogP contribution in [0.25, 0.3) is 0 Å². The number of halogens is 1. The van der Waals surface area contributed by atoms with E-state index in [4.69, 9.17) is 17.3 Å². The van der Waals surface area contributed by atoms with Crippen LogP contribution in [0.5, 0.6) is 0 Å². The number of nitrogen functional groups attached to an aromatic ring is 1. The number of rotatable bonds is 0. The van der Waals surface area contributed by atoms with E-state index in [-0.39, 0.29) is 0 Å². The third-order valence-corrected chi connectivity index (χ3v) is 2.26. The SMILES string of the molecule is Cc1sc(N)cc1Cl. The lowest BCUT2D eigenvalue weighted by atomic mass is 10.5. The molecule has 0 unspecified atom stereocenters. The van der Waals surface area contributed by atoms with Crippen molar-refractivity contribution in [3.05, 3.63) is 16.0 Å². The molecular weight excluding hydrogens is 142 g/mol. The monoisotopic (exact) mass is 147 g/mol. The molecule has 2 N–H and O–H groups in total. The maximum atomic E-state index is 5.66. The summed E-state index contributed by atoms with van der Waals surface area (Å²) in [6.45, 7) is 1.95. The predicted molar refractivity (Wildman–Crippen MR) is 38.5 cm³/mol. The first-order chi connectivity index (χ1) is 3.70. The van der Waals surface area contributed by atoms with E-state index in [1.54, 1.807) is 6.07 Å². The third kappa shape index (κ3) is 0.956. The molecule has 8 heavy (non-hydrogen) atoms. The second-order valence-electron chi connectivity index (χ2n) is 1.55. The van der Waals surface area contributed by atoms with Crippen molar-refractivity contribution in [3.63, 3.8) is 0 Å². The number of hydrogen-bond acceptors (Lipinski definition) is 2. The minimum absolute atomic E-state index is 0.771. The Hall–Kier alpha value is -0.210. The van der Waals surface area contributed by atoms with Crippen molar-refractivity contribution in [2.45, 2.75) is 6.92 Å². The molecule has 1 rings (SSSR count). The summed E-state index contributed by atoms with van der Waals surface area (Å²) in [7, 11) is 0. The highest BCUT2D eigenvalue weighted by atomic mass is 35.5. The zero-order valence-electron chi connectivity index (χ0n) is 4.44. The fourth-order valence-electron chi connectivity index (χ4n) is 0.482. The smallest absolute Gasteiger partial charge is 0.0874 e. The van der Waals surface area contributed by atoms with E-state index in [0.717, 1.165) is 14.9 Å². The fourth-order valence-corrected chi connectivity index (χ4v) is 1.47. The van der Waals surface area contributed by atoms with Gasteiger partial charge in [-0.25, -0.2) is 0 Å². The first-order valence-corrected chi connectivity index (χ1v) is 3.41. The zero-order chi connectivity index (χ0) is 6.15. The van der Waals surface area contributed by atoms with Gasteiger partial charge in [0.05, 0.1) is 10.0 Å². The normalized spacial score (nSPS) is 9.75. The van der Waals surface area contributed by atoms with Crippen LogP contribution in [0, 0.1) is 6.92 Å². The average molecular weight is 148 g/mol. The van der Waals surface area contributed by atoms with Crippen molar-refractivity contribution >= 4 is 27.9 Å². The summed E-state index contributed by atoms with van der Waals surface area (Å²) in [5, 5.41) is 1.56. The average Bonchev–Trinajstić information content (AvgIpc) is 1.85. The van der Waals surface area contributed by atoms with Crippen molar-refractivity contribution in [2.24, 2.45) is 0 Å². The Kier molecular flexibility index (Phi) is 1.45. The van der Waals surface area contributed by atoms with Crippen molar-refractivity contribution in [2.75, 3.05) is 5.73 Å². The summed E-state index contributed by atoms with van der Waals surface area (Å²) in [5.74, 6) is 0. The number of aryl methyl sites for hydroxylation is 1. The molecule has 0 spiro atoms. The fraction of sp³-hybridized carbons (Fsp3) is 0.200. The van der Waals surface area contributed by atoms with E-state index in [1.165, 1.54) is 11.3 Å². The molecule has 0 bridgehead atoms. The van der Waals surface area contributed by atoms with Gasteiger partial charge < -0.3 is 5.73 Å². The summed E-state index contributed by atoms with van der Waals surface area (Å²) >= 11 is 7.17. The molecule has 0 aromatic carbocycles. The van der Waals surface area contributed by atoms with Crippen LogP contribution in [0.3, 0.4) is 0 Å². The molecular formula is C5H6ClNS. The summed E-state index contributed by atoms with van der Waals surface area (Å²) < 4.78 is 0. The summed E-state index contributed by atoms with van der Waals surface area (Å²) in [4.78, 5) is 1.09. The van der Waals surface area contributed by atoms with Crippen LogP contribution in [-0.2, 0) is 0 Å². The lowest BCUT2D eigenvalue weighted by molar-refractivity contribution is 1.64. The molecule has 3 heteroatoms. The van der Waals surface area contributed by atoms with E-state index >= 15 is 0 Å². The van der Waals surface area contributed by atoms with Crippen LogP contribution in [0.1, 0.15) is 4.88 Å². The van der Waals surface area contributed by atoms with Crippen LogP contribution in [0.2, 0.25) is 5.02 Å². The second-order valence-corrected chi connectivity index (χ2v) is 3.25. The second kappa shape index (κ2) is 1.96. The van der Waals surface area contributed by atoms with E-state index in [2.05, 4.69) is 0 Å². The summed E-state index contributed by atoms with van der Waals surface area (Å²) in [5.41, 5.74) is 5.41. The number of thiophene rings is 1. The van der Waals surface area contributed by atoms with Gasteiger partial charge in [0.1, 0.15) is 0 Å². The zero-order valence-corrected chi connectivity index (χ0v) is 6.01. The highest BCUT2D eigenvalue weighted by Gasteiger charge is 1.96. The van der Waals surface area contributed by atoms with Crippen molar-refractivity contribution in [1.82, 2.24) is 0 Å². The van der Waals surface area contributed by atoms with Gasteiger partial charge in [-0.3, -0.25) is 0 Å². The van der Waals surface area contributed by atoms with Gasteiger partial charge in [0.2, 0.25) is 0 Å². The Balaban J connectivity index is 3.14. The Morgan fingerprint density at radius 1 is 1.75 bits per heavy atom. The lowest BCUT2D eigenvalue weighted by Gasteiger charge is -1.76. The Morgan fingerprint density at radius 2 is 2.38 bits per heavy atom. The maximum absolute atomic E-state index is 5.66. The maximum Gasteiger partial charge on any atom is 0.0874 e. The highest BCUT2D eigenvalue weighted by molar-refractivity contribution is 7.16. The van der Waals surface area contributed by atoms with Gasteiger partial charge in [-0.05, 0) is 13.0 Å². The largest absolute Gasteiger partial charge is 0.391 e. The van der Waals surface area contributed by atoms with Gasteiger partial charge in [-0.1, -0.05) is 11.6 Å². The molecule has 0 amide bonds. The molecule has 1 heterocycles. The number of hydrogen-bond donors (Lipinski definition) is 1. The molecule has 1 nitrogen and oxygen atoms in total.